The highest BCUT2D eigenvalue weighted by molar-refractivity contribution is 7.86. The van der Waals surface area contributed by atoms with Crippen LogP contribution in [0.1, 0.15) is 27.7 Å². The normalized spacial score (nSPS) is 40.2. The van der Waals surface area contributed by atoms with Gasteiger partial charge in [-0.15, -0.1) is 0 Å². The van der Waals surface area contributed by atoms with Crippen molar-refractivity contribution >= 4 is 22.8 Å². The number of hydrogen-bond donors (Lipinski definition) is 0. The van der Waals surface area contributed by atoms with E-state index in [0.717, 1.165) is 6.26 Å². The molecule has 3 saturated heterocycles. The summed E-state index contributed by atoms with van der Waals surface area (Å²) < 4.78 is 73.5. The molecule has 3 aliphatic heterocycles. The predicted octanol–water partition coefficient (Wildman–Crippen LogP) is 1.96. The first-order chi connectivity index (χ1) is 13.8. The van der Waals surface area contributed by atoms with E-state index in [9.17, 15) is 13.0 Å². The molecule has 30 heavy (non-hydrogen) atoms. The third-order valence-corrected chi connectivity index (χ3v) is 8.51. The molecular formula is C19H27O9PS. The van der Waals surface area contributed by atoms with E-state index in [2.05, 4.69) is 0 Å². The van der Waals surface area contributed by atoms with Gasteiger partial charge >= 0.3 is 0 Å². The fourth-order valence-electron chi connectivity index (χ4n) is 4.08. The SMILES string of the molecule is CC1(C)O[C@H]2[C@@H]([C@H]3COC(C)(C)O3)O[P@](=O)(c3ccccc3)[C@@H](OS(C)(=O)=O)[C@H]2O1. The minimum atomic E-state index is -3.98. The molecule has 1 aromatic rings. The molecule has 0 aromatic heterocycles. The molecule has 11 heteroatoms. The Balaban J connectivity index is 1.80. The maximum atomic E-state index is 14.3. The van der Waals surface area contributed by atoms with E-state index in [1.165, 1.54) is 0 Å². The summed E-state index contributed by atoms with van der Waals surface area (Å²) in [7, 11) is -7.87. The van der Waals surface area contributed by atoms with Crippen LogP contribution in [0.5, 0.6) is 0 Å². The predicted molar refractivity (Wildman–Crippen MR) is 107 cm³/mol. The lowest BCUT2D eigenvalue weighted by Gasteiger charge is -2.42. The summed E-state index contributed by atoms with van der Waals surface area (Å²) in [5.41, 5.74) is 0. The molecule has 0 unspecified atom stereocenters. The molecule has 3 fully saturated rings. The maximum Gasteiger partial charge on any atom is 0.265 e. The van der Waals surface area contributed by atoms with Crippen LogP contribution in [-0.4, -0.2) is 63.1 Å². The van der Waals surface area contributed by atoms with Crippen molar-refractivity contribution in [3.05, 3.63) is 30.3 Å². The van der Waals surface area contributed by atoms with Crippen LogP contribution in [-0.2, 0) is 42.3 Å². The highest BCUT2D eigenvalue weighted by atomic mass is 32.2. The Kier molecular flexibility index (Phi) is 5.48. The summed E-state index contributed by atoms with van der Waals surface area (Å²) in [6.07, 6.45) is -2.21. The van der Waals surface area contributed by atoms with Crippen molar-refractivity contribution in [3.63, 3.8) is 0 Å². The van der Waals surface area contributed by atoms with Crippen molar-refractivity contribution in [2.45, 2.75) is 69.5 Å². The molecule has 0 aliphatic carbocycles. The fourth-order valence-corrected chi connectivity index (χ4v) is 7.82. The van der Waals surface area contributed by atoms with Gasteiger partial charge in [-0.2, -0.15) is 8.42 Å². The average molecular weight is 462 g/mol. The van der Waals surface area contributed by atoms with Crippen LogP contribution in [0.4, 0.5) is 0 Å². The number of hydrogen-bond acceptors (Lipinski definition) is 9. The zero-order chi connectivity index (χ0) is 21.9. The van der Waals surface area contributed by atoms with E-state index >= 15 is 0 Å². The second kappa shape index (κ2) is 7.35. The first-order valence-corrected chi connectivity index (χ1v) is 13.2. The minimum Gasteiger partial charge on any atom is -0.348 e. The van der Waals surface area contributed by atoms with Crippen molar-refractivity contribution in [2.75, 3.05) is 12.9 Å². The van der Waals surface area contributed by atoms with E-state index in [4.69, 9.17) is 27.7 Å². The van der Waals surface area contributed by atoms with Gasteiger partial charge in [-0.1, -0.05) is 18.2 Å². The van der Waals surface area contributed by atoms with Crippen molar-refractivity contribution in [1.29, 1.82) is 0 Å². The molecule has 6 atom stereocenters. The Bertz CT molecular complexity index is 946. The second-order valence-corrected chi connectivity index (χ2v) is 12.7. The topological polar surface area (TPSA) is 107 Å². The summed E-state index contributed by atoms with van der Waals surface area (Å²) in [6, 6.07) is 8.40. The van der Waals surface area contributed by atoms with Crippen LogP contribution < -0.4 is 5.30 Å². The standard InChI is InChI=1S/C19H27O9PS/c1-18(2)23-11-13(24-18)14-15-16(26-19(3,4)25-15)17(28-30(5,21)22)29(20,27-14)12-9-7-6-8-10-12/h6-10,13-17H,11H2,1-5H3/t13-,14-,15+,16+,17-,29-/m1/s1. The molecule has 3 heterocycles. The molecule has 4 rings (SSSR count). The smallest absolute Gasteiger partial charge is 0.265 e. The van der Waals surface area contributed by atoms with Gasteiger partial charge < -0.3 is 23.5 Å². The van der Waals surface area contributed by atoms with E-state index in [0.29, 0.717) is 5.30 Å². The van der Waals surface area contributed by atoms with Crippen molar-refractivity contribution in [2.24, 2.45) is 0 Å². The van der Waals surface area contributed by atoms with Crippen molar-refractivity contribution in [1.82, 2.24) is 0 Å². The molecule has 1 aromatic carbocycles. The van der Waals surface area contributed by atoms with Crippen molar-refractivity contribution in [3.8, 4) is 0 Å². The van der Waals surface area contributed by atoms with Crippen LogP contribution in [0.3, 0.4) is 0 Å². The summed E-state index contributed by atoms with van der Waals surface area (Å²) >= 11 is 0. The Hall–Kier alpha value is -0.840. The van der Waals surface area contributed by atoms with Gasteiger partial charge in [0, 0.05) is 5.30 Å². The molecule has 0 N–H and O–H groups in total. The summed E-state index contributed by atoms with van der Waals surface area (Å²) in [5, 5.41) is 0.327. The summed E-state index contributed by atoms with van der Waals surface area (Å²) in [6.45, 7) is 7.15. The molecule has 0 bridgehead atoms. The van der Waals surface area contributed by atoms with E-state index in [1.54, 1.807) is 58.0 Å². The third-order valence-electron chi connectivity index (χ3n) is 5.17. The second-order valence-electron chi connectivity index (χ2n) is 8.63. The number of ether oxygens (including phenoxy) is 4. The van der Waals surface area contributed by atoms with Crippen LogP contribution in [0.15, 0.2) is 30.3 Å². The van der Waals surface area contributed by atoms with E-state index in [-0.39, 0.29) is 6.61 Å². The molecule has 168 valence electrons. The molecule has 3 aliphatic rings. The van der Waals surface area contributed by atoms with Crippen molar-refractivity contribution < 1.29 is 40.6 Å². The lowest BCUT2D eigenvalue weighted by molar-refractivity contribution is -0.174. The number of rotatable bonds is 4. The minimum absolute atomic E-state index is 0.205. The van der Waals surface area contributed by atoms with Crippen LogP contribution in [0.25, 0.3) is 0 Å². The maximum absolute atomic E-state index is 14.3. The zero-order valence-electron chi connectivity index (χ0n) is 17.5. The molecule has 0 spiro atoms. The van der Waals surface area contributed by atoms with Gasteiger partial charge in [-0.3, -0.25) is 8.75 Å². The van der Waals surface area contributed by atoms with Crippen LogP contribution in [0, 0.1) is 0 Å². The molecule has 0 radical (unpaired) electrons. The van der Waals surface area contributed by atoms with Gasteiger partial charge in [0.15, 0.2) is 17.4 Å². The molecular weight excluding hydrogens is 435 g/mol. The lowest BCUT2D eigenvalue weighted by Crippen LogP contribution is -2.56. The number of benzene rings is 1. The zero-order valence-corrected chi connectivity index (χ0v) is 19.2. The molecule has 0 saturated carbocycles. The van der Waals surface area contributed by atoms with Gasteiger partial charge in [0.2, 0.25) is 0 Å². The first-order valence-electron chi connectivity index (χ1n) is 9.69. The summed E-state index contributed by atoms with van der Waals surface area (Å²) in [4.78, 5) is 0. The third kappa shape index (κ3) is 4.25. The summed E-state index contributed by atoms with van der Waals surface area (Å²) in [5.74, 6) is -3.29. The largest absolute Gasteiger partial charge is 0.348 e. The van der Waals surface area contributed by atoms with E-state index in [1.807, 2.05) is 0 Å². The quantitative estimate of drug-likeness (QED) is 0.490. The Morgan fingerprint density at radius 1 is 0.967 bits per heavy atom. The van der Waals surface area contributed by atoms with Crippen LogP contribution in [0.2, 0.25) is 0 Å². The van der Waals surface area contributed by atoms with Gasteiger partial charge in [-0.05, 0) is 39.8 Å². The monoisotopic (exact) mass is 462 g/mol. The Labute approximate surface area is 176 Å². The lowest BCUT2D eigenvalue weighted by atomic mass is 10.0. The fraction of sp³-hybridized carbons (Fsp3) is 0.684. The first kappa shape index (κ1) is 22.4. The Morgan fingerprint density at radius 3 is 2.17 bits per heavy atom. The highest BCUT2D eigenvalue weighted by Crippen LogP contribution is 2.61. The average Bonchev–Trinajstić information content (AvgIpc) is 3.15. The van der Waals surface area contributed by atoms with Gasteiger partial charge in [-0.25, -0.2) is 0 Å². The van der Waals surface area contributed by atoms with Gasteiger partial charge in [0.25, 0.3) is 17.5 Å². The van der Waals surface area contributed by atoms with Crippen LogP contribution >= 0.6 is 7.37 Å². The molecule has 9 nitrogen and oxygen atoms in total. The van der Waals surface area contributed by atoms with E-state index < -0.39 is 59.3 Å². The number of fused-ring (bicyclic) bond motifs is 1. The Morgan fingerprint density at radius 2 is 1.60 bits per heavy atom. The molecule has 0 amide bonds. The highest BCUT2D eigenvalue weighted by Gasteiger charge is 2.64. The van der Waals surface area contributed by atoms with Gasteiger partial charge in [0.1, 0.15) is 24.4 Å². The van der Waals surface area contributed by atoms with Gasteiger partial charge in [0.05, 0.1) is 12.9 Å².